The quantitative estimate of drug-likeness (QED) is 0.658. The highest BCUT2D eigenvalue weighted by Crippen LogP contribution is 2.15. The van der Waals surface area contributed by atoms with Gasteiger partial charge in [-0.05, 0) is 35.9 Å². The van der Waals surface area contributed by atoms with E-state index in [1.165, 1.54) is 6.07 Å². The van der Waals surface area contributed by atoms with Crippen molar-refractivity contribution < 1.29 is 9.50 Å². The first-order valence-corrected chi connectivity index (χ1v) is 6.51. The summed E-state index contributed by atoms with van der Waals surface area (Å²) in [5, 5.41) is 9.18. The Bertz CT molecular complexity index is 503. The van der Waals surface area contributed by atoms with Crippen LogP contribution >= 0.6 is 36.9 Å². The Hall–Kier alpha value is -0.840. The van der Waals surface area contributed by atoms with Gasteiger partial charge in [-0.2, -0.15) is 12.6 Å². The molecule has 1 nitrogen and oxygen atoms in total. The van der Waals surface area contributed by atoms with E-state index >= 15 is 0 Å². The average molecular weight is 303 g/mol. The van der Waals surface area contributed by atoms with Crippen molar-refractivity contribution in [2.24, 2.45) is 0 Å². The van der Waals surface area contributed by atoms with E-state index in [0.29, 0.717) is 16.3 Å². The first kappa shape index (κ1) is 15.2. The third kappa shape index (κ3) is 5.21. The van der Waals surface area contributed by atoms with Crippen molar-refractivity contribution >= 4 is 36.9 Å². The van der Waals surface area contributed by atoms with E-state index < -0.39 is 0 Å². The molecule has 0 saturated heterocycles. The highest BCUT2D eigenvalue weighted by Gasteiger charge is 1.98. The fraction of sp³-hybridized carbons (Fsp3) is 0.0769. The number of hydrogen-bond acceptors (Lipinski definition) is 3. The summed E-state index contributed by atoms with van der Waals surface area (Å²) in [6.45, 7) is 0. The van der Waals surface area contributed by atoms with Crippen LogP contribution in [0.5, 0.6) is 5.75 Å². The molecule has 0 aliphatic heterocycles. The third-order valence-corrected chi connectivity index (χ3v) is 2.87. The second-order valence-corrected chi connectivity index (χ2v) is 4.68. The molecule has 0 bridgehead atoms. The highest BCUT2D eigenvalue weighted by atomic mass is 35.5. The maximum absolute atomic E-state index is 12.7. The van der Waals surface area contributed by atoms with Crippen molar-refractivity contribution in [1.29, 1.82) is 0 Å². The number of aromatic hydroxyl groups is 1. The lowest BCUT2D eigenvalue weighted by Crippen LogP contribution is -1.83. The molecule has 1 N–H and O–H groups in total. The number of rotatable bonds is 1. The molecule has 0 unspecified atom stereocenters. The molecule has 0 aliphatic rings. The van der Waals surface area contributed by atoms with Gasteiger partial charge in [0.05, 0.1) is 0 Å². The molecule has 2 aromatic rings. The zero-order chi connectivity index (χ0) is 13.5. The lowest BCUT2D eigenvalue weighted by molar-refractivity contribution is 0.474. The first-order valence-electron chi connectivity index (χ1n) is 5.05. The summed E-state index contributed by atoms with van der Waals surface area (Å²) >= 11 is 13.4. The topological polar surface area (TPSA) is 20.2 Å². The summed E-state index contributed by atoms with van der Waals surface area (Å²) in [5.74, 6) is 0.378. The Balaban J connectivity index is 0.000000184. The first-order chi connectivity index (χ1) is 8.52. The molecule has 96 valence electrons. The Morgan fingerprint density at radius 3 is 2.33 bits per heavy atom. The van der Waals surface area contributed by atoms with E-state index in [-0.39, 0.29) is 11.6 Å². The number of phenolic OH excluding ortho intramolecular Hbond substituents is 1. The molecule has 0 spiro atoms. The molecule has 2 rings (SSSR count). The molecule has 0 atom stereocenters. The molecule has 0 fully saturated rings. The zero-order valence-electron chi connectivity index (χ0n) is 9.35. The van der Waals surface area contributed by atoms with Crippen LogP contribution in [0.15, 0.2) is 47.4 Å². The van der Waals surface area contributed by atoms with Crippen molar-refractivity contribution in [3.05, 3.63) is 58.9 Å². The summed E-state index contributed by atoms with van der Waals surface area (Å²) < 4.78 is 12.7. The Labute approximate surface area is 121 Å². The minimum Gasteiger partial charge on any atom is -0.508 e. The fourth-order valence-corrected chi connectivity index (χ4v) is 1.78. The van der Waals surface area contributed by atoms with Gasteiger partial charge in [0.25, 0.3) is 0 Å². The molecule has 5 heteroatoms. The van der Waals surface area contributed by atoms with Crippen molar-refractivity contribution in [3.8, 4) is 5.75 Å². The minimum absolute atomic E-state index is 0.262. The number of benzene rings is 2. The maximum Gasteiger partial charge on any atom is 0.128 e. The standard InChI is InChI=1S/C7H6ClFS.C6H6OS/c8-6-2-1-5(4-10)7(9)3-6;7-5-2-1-3-6(8)4-5/h1-3,10H,4H2;1-4,7-8H. The van der Waals surface area contributed by atoms with Crippen LogP contribution in [0.1, 0.15) is 5.56 Å². The molecular formula is C13H12ClFOS2. The van der Waals surface area contributed by atoms with Crippen LogP contribution in [0, 0.1) is 5.82 Å². The molecule has 0 amide bonds. The Kier molecular flexibility index (Phi) is 6.39. The molecule has 0 aromatic heterocycles. The van der Waals surface area contributed by atoms with Crippen molar-refractivity contribution in [3.63, 3.8) is 0 Å². The molecule has 0 heterocycles. The van der Waals surface area contributed by atoms with Crippen molar-refractivity contribution in [1.82, 2.24) is 0 Å². The van der Waals surface area contributed by atoms with Gasteiger partial charge in [0.1, 0.15) is 11.6 Å². The molecule has 0 radical (unpaired) electrons. The van der Waals surface area contributed by atoms with Gasteiger partial charge in [-0.25, -0.2) is 4.39 Å². The number of phenols is 1. The number of thiol groups is 2. The maximum atomic E-state index is 12.7. The smallest absolute Gasteiger partial charge is 0.128 e. The molecular weight excluding hydrogens is 291 g/mol. The van der Waals surface area contributed by atoms with Gasteiger partial charge in [-0.1, -0.05) is 23.7 Å². The molecule has 0 aliphatic carbocycles. The molecule has 2 aromatic carbocycles. The number of hydrogen-bond donors (Lipinski definition) is 3. The van der Waals surface area contributed by atoms with Gasteiger partial charge < -0.3 is 5.11 Å². The van der Waals surface area contributed by atoms with Crippen molar-refractivity contribution in [2.75, 3.05) is 0 Å². The molecule has 0 saturated carbocycles. The molecule has 18 heavy (non-hydrogen) atoms. The summed E-state index contributed by atoms with van der Waals surface area (Å²) in [4.78, 5) is 0.782. The van der Waals surface area contributed by atoms with E-state index in [1.54, 1.807) is 30.3 Å². The summed E-state index contributed by atoms with van der Waals surface area (Å²) in [6.07, 6.45) is 0. The lowest BCUT2D eigenvalue weighted by atomic mass is 10.2. The van der Waals surface area contributed by atoms with Gasteiger partial charge in [0.2, 0.25) is 0 Å². The summed E-state index contributed by atoms with van der Waals surface area (Å²) in [6, 6.07) is 11.3. The van der Waals surface area contributed by atoms with Crippen LogP contribution in [0.2, 0.25) is 5.02 Å². The second kappa shape index (κ2) is 7.56. The summed E-state index contributed by atoms with van der Waals surface area (Å²) in [7, 11) is 0. The highest BCUT2D eigenvalue weighted by molar-refractivity contribution is 7.80. The van der Waals surface area contributed by atoms with Crippen LogP contribution in [0.4, 0.5) is 4.39 Å². The predicted molar refractivity (Wildman–Crippen MR) is 79.5 cm³/mol. The fourth-order valence-electron chi connectivity index (χ4n) is 1.14. The Morgan fingerprint density at radius 2 is 1.89 bits per heavy atom. The van der Waals surface area contributed by atoms with E-state index in [1.807, 2.05) is 6.07 Å². The lowest BCUT2D eigenvalue weighted by Gasteiger charge is -1.97. The Morgan fingerprint density at radius 1 is 1.17 bits per heavy atom. The van der Waals surface area contributed by atoms with Crippen LogP contribution in [-0.4, -0.2) is 5.11 Å². The third-order valence-electron chi connectivity index (χ3n) is 2.02. The van der Waals surface area contributed by atoms with E-state index in [2.05, 4.69) is 25.3 Å². The van der Waals surface area contributed by atoms with Gasteiger partial charge in [0.15, 0.2) is 0 Å². The van der Waals surface area contributed by atoms with E-state index in [0.717, 1.165) is 4.90 Å². The van der Waals surface area contributed by atoms with Gasteiger partial charge in [0, 0.05) is 15.7 Å². The van der Waals surface area contributed by atoms with Crippen LogP contribution in [-0.2, 0) is 5.75 Å². The zero-order valence-corrected chi connectivity index (χ0v) is 11.9. The monoisotopic (exact) mass is 302 g/mol. The van der Waals surface area contributed by atoms with E-state index in [4.69, 9.17) is 16.7 Å². The minimum atomic E-state index is -0.289. The van der Waals surface area contributed by atoms with E-state index in [9.17, 15) is 4.39 Å². The van der Waals surface area contributed by atoms with Crippen LogP contribution in [0.3, 0.4) is 0 Å². The van der Waals surface area contributed by atoms with Crippen molar-refractivity contribution in [2.45, 2.75) is 10.6 Å². The number of halogens is 2. The van der Waals surface area contributed by atoms with Crippen LogP contribution < -0.4 is 0 Å². The van der Waals surface area contributed by atoms with Gasteiger partial charge in [-0.15, -0.1) is 12.6 Å². The van der Waals surface area contributed by atoms with Gasteiger partial charge in [-0.3, -0.25) is 0 Å². The second-order valence-electron chi connectivity index (χ2n) is 3.41. The normalized spacial score (nSPS) is 9.56. The SMILES string of the molecule is Fc1cc(Cl)ccc1CS.Oc1cccc(S)c1. The predicted octanol–water partition coefficient (Wildman–Crippen LogP) is 4.59. The van der Waals surface area contributed by atoms with Crippen LogP contribution in [0.25, 0.3) is 0 Å². The largest absolute Gasteiger partial charge is 0.508 e. The van der Waals surface area contributed by atoms with Gasteiger partial charge >= 0.3 is 0 Å². The average Bonchev–Trinajstić information content (AvgIpc) is 2.29. The summed E-state index contributed by atoms with van der Waals surface area (Å²) in [5.41, 5.74) is 0.577.